The number of rotatable bonds is 3. The van der Waals surface area contributed by atoms with Gasteiger partial charge in [0.1, 0.15) is 11.3 Å². The molecular formula is C27H19N4O2Pt-. The number of hydrogen-bond acceptors (Lipinski definition) is 4. The molecule has 4 heterocycles. The minimum atomic E-state index is -1.05. The molecule has 2 aromatic carbocycles. The van der Waals surface area contributed by atoms with Crippen molar-refractivity contribution in [3.8, 4) is 0 Å². The molecule has 4 aromatic heterocycles. The van der Waals surface area contributed by atoms with Crippen LogP contribution in [-0.4, -0.2) is 30.4 Å². The first-order chi connectivity index (χ1) is 15.9. The number of aromatic carboxylic acids is 1. The van der Waals surface area contributed by atoms with Crippen LogP contribution in [0.3, 0.4) is 0 Å². The van der Waals surface area contributed by atoms with E-state index in [1.54, 1.807) is 6.07 Å². The van der Waals surface area contributed by atoms with E-state index in [9.17, 15) is 9.90 Å². The van der Waals surface area contributed by atoms with E-state index in [1.807, 2.05) is 62.4 Å². The summed E-state index contributed by atoms with van der Waals surface area (Å²) < 4.78 is 2.15. The van der Waals surface area contributed by atoms with E-state index in [1.165, 1.54) is 6.07 Å². The second-order valence-electron chi connectivity index (χ2n) is 8.62. The van der Waals surface area contributed by atoms with Gasteiger partial charge in [-0.3, -0.25) is 4.98 Å². The summed E-state index contributed by atoms with van der Waals surface area (Å²) in [6, 6.07) is 26.4. The van der Waals surface area contributed by atoms with Crippen LogP contribution in [0.25, 0.3) is 38.5 Å². The molecule has 0 amide bonds. The van der Waals surface area contributed by atoms with Crippen molar-refractivity contribution in [3.63, 3.8) is 0 Å². The molecule has 0 aliphatic rings. The second kappa shape index (κ2) is 8.00. The molecule has 0 fully saturated rings. The van der Waals surface area contributed by atoms with E-state index in [0.29, 0.717) is 5.69 Å². The molecule has 0 aliphatic carbocycles. The largest absolute Gasteiger partial charge is 0.477 e. The number of carboxylic acids is 1. The number of aromatic nitrogens is 4. The number of nitrogens with zero attached hydrogens (tertiary/aromatic N) is 4. The Hall–Kier alpha value is -3.63. The fraction of sp³-hybridized carbons (Fsp3) is 0.111. The van der Waals surface area contributed by atoms with Crippen LogP contribution >= 0.6 is 0 Å². The molecule has 0 atom stereocenters. The maximum atomic E-state index is 11.5. The third-order valence-electron chi connectivity index (χ3n) is 6.26. The number of fused-ring (bicyclic) bond motifs is 8. The van der Waals surface area contributed by atoms with Crippen LogP contribution in [0.4, 0.5) is 0 Å². The molecule has 6 rings (SSSR count). The monoisotopic (exact) mass is 626 g/mol. The molecule has 0 saturated heterocycles. The van der Waals surface area contributed by atoms with E-state index in [-0.39, 0.29) is 26.8 Å². The van der Waals surface area contributed by atoms with E-state index in [0.717, 1.165) is 44.2 Å². The summed E-state index contributed by atoms with van der Waals surface area (Å²) in [6.07, 6.45) is 0. The fourth-order valence-corrected chi connectivity index (χ4v) is 4.47. The number of hydrogen-bond donors (Lipinski definition) is 1. The predicted molar refractivity (Wildman–Crippen MR) is 128 cm³/mol. The van der Waals surface area contributed by atoms with Gasteiger partial charge in [0.15, 0.2) is 0 Å². The van der Waals surface area contributed by atoms with Crippen molar-refractivity contribution in [3.05, 3.63) is 95.9 Å². The van der Waals surface area contributed by atoms with Crippen molar-refractivity contribution in [1.29, 1.82) is 0 Å². The Morgan fingerprint density at radius 3 is 2.50 bits per heavy atom. The number of pyridine rings is 3. The van der Waals surface area contributed by atoms with Crippen molar-refractivity contribution in [2.75, 3.05) is 0 Å². The van der Waals surface area contributed by atoms with Crippen LogP contribution < -0.4 is 0 Å². The van der Waals surface area contributed by atoms with E-state index >= 15 is 0 Å². The van der Waals surface area contributed by atoms with Crippen LogP contribution in [-0.2, 0) is 26.5 Å². The van der Waals surface area contributed by atoms with Crippen LogP contribution in [0.15, 0.2) is 72.8 Å². The molecule has 1 N–H and O–H groups in total. The topological polar surface area (TPSA) is 80.4 Å². The van der Waals surface area contributed by atoms with Gasteiger partial charge in [-0.1, -0.05) is 23.6 Å². The number of para-hydroxylation sites is 2. The molecule has 34 heavy (non-hydrogen) atoms. The minimum Gasteiger partial charge on any atom is -0.477 e. The van der Waals surface area contributed by atoms with Gasteiger partial charge in [-0.15, -0.1) is 29.7 Å². The summed E-state index contributed by atoms with van der Waals surface area (Å²) >= 11 is 0. The Labute approximate surface area is 209 Å². The smallest absolute Gasteiger partial charge is 0.354 e. The zero-order valence-electron chi connectivity index (χ0n) is 18.4. The molecule has 0 bridgehead atoms. The minimum absolute atomic E-state index is 0. The van der Waals surface area contributed by atoms with Crippen molar-refractivity contribution in [2.45, 2.75) is 19.3 Å². The summed E-state index contributed by atoms with van der Waals surface area (Å²) in [7, 11) is 0. The van der Waals surface area contributed by atoms with Crippen molar-refractivity contribution in [1.82, 2.24) is 19.4 Å². The number of imidazole rings is 1. The Balaban J connectivity index is 0.00000241. The first-order valence-electron chi connectivity index (χ1n) is 10.7. The summed E-state index contributed by atoms with van der Waals surface area (Å²) in [5.74, 6) is -1.05. The molecule has 6 aromatic rings. The fourth-order valence-electron chi connectivity index (χ4n) is 4.47. The van der Waals surface area contributed by atoms with Crippen LogP contribution in [0, 0.1) is 6.07 Å². The summed E-state index contributed by atoms with van der Waals surface area (Å²) in [6.45, 7) is 4.01. The zero-order chi connectivity index (χ0) is 22.7. The zero-order valence-corrected chi connectivity index (χ0v) is 20.7. The van der Waals surface area contributed by atoms with Gasteiger partial charge in [0, 0.05) is 43.2 Å². The third kappa shape index (κ3) is 3.21. The Kier molecular flexibility index (Phi) is 5.21. The molecule has 6 nitrogen and oxygen atoms in total. The SMILES string of the molecule is CC(C)(c1cccc(C(=O)O)n1)c1ccc2c(n1)c1[c-]cccc1c1nc3ccccc3n21.[Pt]. The quantitative estimate of drug-likeness (QED) is 0.210. The molecule has 0 aliphatic heterocycles. The first kappa shape index (κ1) is 22.2. The standard InChI is InChI=1S/C27H19N4O2.Pt/c1-27(2,22-13-7-11-19(28-22)26(32)33)23-15-14-21-24(30-23)16-8-3-4-9-17(16)25-29-18-10-5-6-12-20(18)31(21)25;/h3-7,9-15H,1-2H3,(H,32,33);/q-1;. The summed E-state index contributed by atoms with van der Waals surface area (Å²) in [5.41, 5.74) is 5.45. The van der Waals surface area contributed by atoms with E-state index in [4.69, 9.17) is 9.97 Å². The molecule has 170 valence electrons. The summed E-state index contributed by atoms with van der Waals surface area (Å²) in [5, 5.41) is 11.3. The maximum absolute atomic E-state index is 11.5. The Bertz CT molecular complexity index is 1740. The van der Waals surface area contributed by atoms with Gasteiger partial charge in [-0.2, -0.15) is 0 Å². The van der Waals surface area contributed by atoms with Gasteiger partial charge in [0.25, 0.3) is 0 Å². The molecule has 0 unspecified atom stereocenters. The van der Waals surface area contributed by atoms with Gasteiger partial charge >= 0.3 is 5.97 Å². The van der Waals surface area contributed by atoms with Gasteiger partial charge in [0.2, 0.25) is 0 Å². The second-order valence-corrected chi connectivity index (χ2v) is 8.62. The predicted octanol–water partition coefficient (Wildman–Crippen LogP) is 5.41. The van der Waals surface area contributed by atoms with Crippen molar-refractivity contribution in [2.24, 2.45) is 0 Å². The van der Waals surface area contributed by atoms with E-state index in [2.05, 4.69) is 27.6 Å². The van der Waals surface area contributed by atoms with Crippen LogP contribution in [0.2, 0.25) is 0 Å². The number of benzene rings is 2. The molecule has 0 saturated carbocycles. The number of carbonyl (C=O) groups is 1. The van der Waals surface area contributed by atoms with Gasteiger partial charge < -0.3 is 9.51 Å². The van der Waals surface area contributed by atoms with Gasteiger partial charge in [0.05, 0.1) is 16.7 Å². The van der Waals surface area contributed by atoms with Crippen molar-refractivity contribution >= 4 is 44.5 Å². The van der Waals surface area contributed by atoms with Crippen LogP contribution in [0.5, 0.6) is 0 Å². The molecule has 7 heteroatoms. The average Bonchev–Trinajstić information content (AvgIpc) is 3.24. The summed E-state index contributed by atoms with van der Waals surface area (Å²) in [4.78, 5) is 25.8. The van der Waals surface area contributed by atoms with Crippen LogP contribution in [0.1, 0.15) is 35.7 Å². The average molecular weight is 627 g/mol. The normalized spacial score (nSPS) is 11.8. The molecular weight excluding hydrogens is 607 g/mol. The molecule has 0 radical (unpaired) electrons. The van der Waals surface area contributed by atoms with Gasteiger partial charge in [-0.25, -0.2) is 14.8 Å². The van der Waals surface area contributed by atoms with E-state index < -0.39 is 11.4 Å². The third-order valence-corrected chi connectivity index (χ3v) is 6.26. The number of carboxylic acid groups (broad SMARTS) is 1. The Morgan fingerprint density at radius 1 is 0.882 bits per heavy atom. The first-order valence-corrected chi connectivity index (χ1v) is 10.7. The molecule has 0 spiro atoms. The van der Waals surface area contributed by atoms with Crippen molar-refractivity contribution < 1.29 is 31.0 Å². The Morgan fingerprint density at radius 2 is 1.68 bits per heavy atom. The van der Waals surface area contributed by atoms with Gasteiger partial charge in [-0.05, 0) is 50.2 Å². The maximum Gasteiger partial charge on any atom is 0.354 e.